The van der Waals surface area contributed by atoms with E-state index >= 15 is 0 Å². The first-order valence-electron chi connectivity index (χ1n) is 9.42. The first-order valence-corrected chi connectivity index (χ1v) is 9.42. The van der Waals surface area contributed by atoms with Gasteiger partial charge in [0.1, 0.15) is 11.6 Å². The third-order valence-electron chi connectivity index (χ3n) is 5.01. The molecule has 27 heavy (non-hydrogen) atoms. The molecule has 0 unspecified atom stereocenters. The summed E-state index contributed by atoms with van der Waals surface area (Å²) in [6.07, 6.45) is 6.14. The van der Waals surface area contributed by atoms with Gasteiger partial charge in [0.05, 0.1) is 0 Å². The van der Waals surface area contributed by atoms with Gasteiger partial charge in [-0.1, -0.05) is 6.92 Å². The molecule has 0 aromatic carbocycles. The van der Waals surface area contributed by atoms with Crippen LogP contribution in [0.3, 0.4) is 0 Å². The van der Waals surface area contributed by atoms with Crippen molar-refractivity contribution in [2.45, 2.75) is 38.6 Å². The summed E-state index contributed by atoms with van der Waals surface area (Å²) < 4.78 is 7.44. The minimum absolute atomic E-state index is 0.141. The number of ether oxygens (including phenoxy) is 1. The molecule has 0 atom stereocenters. The van der Waals surface area contributed by atoms with Gasteiger partial charge < -0.3 is 14.6 Å². The maximum Gasteiger partial charge on any atom is 0.306 e. The number of rotatable bonds is 5. The van der Waals surface area contributed by atoms with Gasteiger partial charge in [-0.2, -0.15) is 4.98 Å². The van der Waals surface area contributed by atoms with E-state index in [1.165, 1.54) is 0 Å². The van der Waals surface area contributed by atoms with Gasteiger partial charge in [-0.25, -0.2) is 4.98 Å². The Morgan fingerprint density at radius 2 is 1.96 bits per heavy atom. The fourth-order valence-corrected chi connectivity index (χ4v) is 3.47. The Morgan fingerprint density at radius 1 is 1.22 bits per heavy atom. The molecule has 8 heteroatoms. The molecule has 0 saturated carbocycles. The normalized spacial score (nSPS) is 16.1. The minimum Gasteiger partial charge on any atom is -0.425 e. The summed E-state index contributed by atoms with van der Waals surface area (Å²) in [6.45, 7) is 4.62. The fourth-order valence-electron chi connectivity index (χ4n) is 3.47. The Balaban J connectivity index is 1.74. The lowest BCUT2D eigenvalue weighted by atomic mass is 9.97. The van der Waals surface area contributed by atoms with Crippen LogP contribution in [0.25, 0.3) is 11.2 Å². The highest BCUT2D eigenvalue weighted by Gasteiger charge is 2.23. The van der Waals surface area contributed by atoms with Gasteiger partial charge in [-0.3, -0.25) is 14.3 Å². The molecule has 1 fully saturated rings. The summed E-state index contributed by atoms with van der Waals surface area (Å²) in [4.78, 5) is 31.8. The highest BCUT2D eigenvalue weighted by atomic mass is 16.5. The monoisotopic (exact) mass is 368 g/mol. The number of aromatic nitrogens is 5. The van der Waals surface area contributed by atoms with E-state index < -0.39 is 0 Å². The van der Waals surface area contributed by atoms with Crippen molar-refractivity contribution in [3.63, 3.8) is 0 Å². The number of piperidine rings is 1. The second kappa shape index (κ2) is 7.48. The van der Waals surface area contributed by atoms with Crippen LogP contribution in [-0.2, 0) is 6.54 Å². The number of aromatic amines is 1. The predicted octanol–water partition coefficient (Wildman–Crippen LogP) is 2.53. The lowest BCUT2D eigenvalue weighted by Gasteiger charge is -2.27. The van der Waals surface area contributed by atoms with Gasteiger partial charge in [0.2, 0.25) is 0 Å². The zero-order valence-corrected chi connectivity index (χ0v) is 15.7. The van der Waals surface area contributed by atoms with E-state index in [1.807, 2.05) is 6.92 Å². The van der Waals surface area contributed by atoms with Crippen molar-refractivity contribution in [2.75, 3.05) is 20.1 Å². The molecule has 1 aliphatic rings. The van der Waals surface area contributed by atoms with Gasteiger partial charge >= 0.3 is 6.01 Å². The molecule has 0 aliphatic carbocycles. The van der Waals surface area contributed by atoms with Crippen LogP contribution in [-0.4, -0.2) is 49.5 Å². The lowest BCUT2D eigenvalue weighted by molar-refractivity contribution is 0.252. The molecule has 4 heterocycles. The van der Waals surface area contributed by atoms with Gasteiger partial charge in [0.25, 0.3) is 5.56 Å². The molecular formula is C19H24N6O2. The third-order valence-corrected chi connectivity index (χ3v) is 5.01. The molecule has 0 amide bonds. The molecule has 0 bridgehead atoms. The van der Waals surface area contributed by atoms with E-state index in [0.717, 1.165) is 38.2 Å². The molecule has 142 valence electrons. The zero-order valence-electron chi connectivity index (χ0n) is 15.7. The number of imidazole rings is 1. The largest absolute Gasteiger partial charge is 0.425 e. The Labute approximate surface area is 157 Å². The van der Waals surface area contributed by atoms with Crippen molar-refractivity contribution in [1.29, 1.82) is 0 Å². The van der Waals surface area contributed by atoms with Crippen molar-refractivity contribution >= 4 is 11.2 Å². The highest BCUT2D eigenvalue weighted by Crippen LogP contribution is 2.27. The molecule has 0 spiro atoms. The van der Waals surface area contributed by atoms with E-state index in [9.17, 15) is 4.79 Å². The quantitative estimate of drug-likeness (QED) is 0.744. The predicted molar refractivity (Wildman–Crippen MR) is 102 cm³/mol. The van der Waals surface area contributed by atoms with Crippen LogP contribution < -0.4 is 10.3 Å². The molecule has 3 aromatic heterocycles. The summed E-state index contributed by atoms with van der Waals surface area (Å²) in [5, 5.41) is 0. The maximum absolute atomic E-state index is 13.0. The molecule has 0 radical (unpaired) electrons. The standard InChI is InChI=1S/C19H24N6O2/c1-3-10-25-18(26)15-17(23-19(25)27-14-4-8-20-9-5-14)22-16(21-15)13-6-11-24(2)12-7-13/h4-5,8-9,13H,3,6-7,10-12H2,1-2H3,(H,21,22). The summed E-state index contributed by atoms with van der Waals surface area (Å²) in [5.74, 6) is 1.78. The number of hydrogen-bond acceptors (Lipinski definition) is 6. The van der Waals surface area contributed by atoms with Crippen LogP contribution in [0.4, 0.5) is 0 Å². The Bertz CT molecular complexity index is 973. The van der Waals surface area contributed by atoms with Crippen molar-refractivity contribution in [2.24, 2.45) is 0 Å². The molecule has 8 nitrogen and oxygen atoms in total. The number of likely N-dealkylation sites (tertiary alicyclic amines) is 1. The first-order chi connectivity index (χ1) is 13.2. The van der Waals surface area contributed by atoms with E-state index in [2.05, 4.69) is 31.9 Å². The third kappa shape index (κ3) is 3.57. The number of hydrogen-bond donors (Lipinski definition) is 1. The van der Waals surface area contributed by atoms with Gasteiger partial charge in [-0.05, 0) is 51.5 Å². The van der Waals surface area contributed by atoms with Crippen LogP contribution in [0, 0.1) is 0 Å². The van der Waals surface area contributed by atoms with E-state index in [0.29, 0.717) is 29.4 Å². The summed E-state index contributed by atoms with van der Waals surface area (Å²) in [7, 11) is 2.13. The van der Waals surface area contributed by atoms with Crippen LogP contribution in [0.1, 0.15) is 37.9 Å². The molecular weight excluding hydrogens is 344 g/mol. The number of H-pyrrole nitrogens is 1. The van der Waals surface area contributed by atoms with Gasteiger partial charge in [0, 0.05) is 24.9 Å². The van der Waals surface area contributed by atoms with Crippen LogP contribution >= 0.6 is 0 Å². The summed E-state index contributed by atoms with van der Waals surface area (Å²) >= 11 is 0. The number of nitrogens with zero attached hydrogens (tertiary/aromatic N) is 5. The zero-order chi connectivity index (χ0) is 18.8. The Hall–Kier alpha value is -2.74. The second-order valence-electron chi connectivity index (χ2n) is 7.03. The van der Waals surface area contributed by atoms with Crippen LogP contribution in [0.15, 0.2) is 29.3 Å². The minimum atomic E-state index is -0.141. The maximum atomic E-state index is 13.0. The van der Waals surface area contributed by atoms with Crippen molar-refractivity contribution < 1.29 is 4.74 Å². The topological polar surface area (TPSA) is 88.9 Å². The smallest absolute Gasteiger partial charge is 0.306 e. The molecule has 4 rings (SSSR count). The van der Waals surface area contributed by atoms with E-state index in [-0.39, 0.29) is 11.6 Å². The summed E-state index contributed by atoms with van der Waals surface area (Å²) in [5.41, 5.74) is 0.738. The van der Waals surface area contributed by atoms with Crippen molar-refractivity contribution in [1.82, 2.24) is 29.4 Å². The number of nitrogens with one attached hydrogen (secondary N) is 1. The lowest BCUT2D eigenvalue weighted by Crippen LogP contribution is -2.29. The Kier molecular flexibility index (Phi) is 4.89. The highest BCUT2D eigenvalue weighted by molar-refractivity contribution is 5.70. The molecule has 1 saturated heterocycles. The van der Waals surface area contributed by atoms with Crippen molar-refractivity contribution in [3.8, 4) is 11.8 Å². The van der Waals surface area contributed by atoms with Gasteiger partial charge in [-0.15, -0.1) is 0 Å². The number of pyridine rings is 1. The molecule has 3 aromatic rings. The molecule has 1 N–H and O–H groups in total. The van der Waals surface area contributed by atoms with E-state index in [4.69, 9.17) is 4.74 Å². The fraction of sp³-hybridized carbons (Fsp3) is 0.474. The van der Waals surface area contributed by atoms with Crippen molar-refractivity contribution in [3.05, 3.63) is 40.7 Å². The van der Waals surface area contributed by atoms with Gasteiger partial charge in [0.15, 0.2) is 11.2 Å². The summed E-state index contributed by atoms with van der Waals surface area (Å²) in [6, 6.07) is 3.74. The second-order valence-corrected chi connectivity index (χ2v) is 7.03. The SMILES string of the molecule is CCCn1c(Oc2ccncc2)nc2nc(C3CCN(C)CC3)[nH]c2c1=O. The average Bonchev–Trinajstić information content (AvgIpc) is 3.10. The molecule has 1 aliphatic heterocycles. The van der Waals surface area contributed by atoms with Crippen LogP contribution in [0.2, 0.25) is 0 Å². The average molecular weight is 368 g/mol. The number of fused-ring (bicyclic) bond motifs is 1. The van der Waals surface area contributed by atoms with Crippen LogP contribution in [0.5, 0.6) is 11.8 Å². The van der Waals surface area contributed by atoms with E-state index in [1.54, 1.807) is 29.1 Å². The Morgan fingerprint density at radius 3 is 2.67 bits per heavy atom. The first kappa shape index (κ1) is 17.7.